The maximum Gasteiger partial charge on any atom is 0.341 e. The zero-order valence-corrected chi connectivity index (χ0v) is 57.2. The number of rotatable bonds is 8. The fraction of sp³-hybridized carbons (Fsp3) is 0.356. The molecule has 0 aliphatic heterocycles. The smallest absolute Gasteiger partial charge is 0.341 e. The van der Waals surface area contributed by atoms with Crippen LogP contribution in [0.15, 0.2) is 174 Å². The molecule has 0 bridgehead atoms. The molecular formula is C73H109BrFN3O8. The number of carbonyl (C=O) groups is 4. The topological polar surface area (TPSA) is 177 Å². The number of aryl methyl sites for hydroxylation is 4. The van der Waals surface area contributed by atoms with Crippen LogP contribution in [0.5, 0.6) is 5.75 Å². The maximum atomic E-state index is 12.6. The van der Waals surface area contributed by atoms with Gasteiger partial charge in [-0.1, -0.05) is 229 Å². The lowest BCUT2D eigenvalue weighted by Gasteiger charge is -2.19. The van der Waals surface area contributed by atoms with Crippen LogP contribution in [0.4, 0.5) is 15.8 Å². The molecule has 0 unspecified atom stereocenters. The number of amides is 1. The van der Waals surface area contributed by atoms with E-state index in [9.17, 15) is 23.6 Å². The van der Waals surface area contributed by atoms with Crippen LogP contribution in [-0.4, -0.2) is 60.3 Å². The first-order valence-corrected chi connectivity index (χ1v) is 30.3. The normalized spacial score (nSPS) is 8.14. The van der Waals surface area contributed by atoms with Crippen LogP contribution in [0.1, 0.15) is 201 Å². The number of anilines is 2. The fourth-order valence-electron chi connectivity index (χ4n) is 5.95. The summed E-state index contributed by atoms with van der Waals surface area (Å²) in [5.74, 6) is -2.75. The number of hydrogen-bond donors (Lipinski definition) is 4. The first kappa shape index (κ1) is 94.3. The number of carboxylic acid groups (broad SMARTS) is 2. The molecule has 7 aromatic rings. The van der Waals surface area contributed by atoms with E-state index in [-0.39, 0.29) is 30.2 Å². The van der Waals surface area contributed by atoms with Crippen molar-refractivity contribution in [3.8, 4) is 11.8 Å². The predicted octanol–water partition coefficient (Wildman–Crippen LogP) is 21.7. The van der Waals surface area contributed by atoms with Gasteiger partial charge in [0.1, 0.15) is 23.2 Å². The summed E-state index contributed by atoms with van der Waals surface area (Å²) in [6.07, 6.45) is 1.63. The molecule has 0 atom stereocenters. The fourth-order valence-corrected chi connectivity index (χ4v) is 6.41. The van der Waals surface area contributed by atoms with Gasteiger partial charge in [-0.15, -0.1) is 0 Å². The number of benzene rings is 7. The molecule has 0 saturated carbocycles. The zero-order valence-electron chi connectivity index (χ0n) is 55.6. The molecule has 7 rings (SSSR count). The number of phenols is 1. The Morgan fingerprint density at radius 3 is 1.28 bits per heavy atom. The van der Waals surface area contributed by atoms with Gasteiger partial charge in [0.05, 0.1) is 23.8 Å². The third kappa shape index (κ3) is 41.8. The number of halogens is 2. The molecule has 13 heteroatoms. The van der Waals surface area contributed by atoms with E-state index in [1.165, 1.54) is 42.6 Å². The molecule has 0 fully saturated rings. The summed E-state index contributed by atoms with van der Waals surface area (Å²) in [5, 5.41) is 37.6. The van der Waals surface area contributed by atoms with Crippen LogP contribution in [0.3, 0.4) is 0 Å². The van der Waals surface area contributed by atoms with E-state index >= 15 is 0 Å². The Balaban J connectivity index is -0.000000137. The van der Waals surface area contributed by atoms with Gasteiger partial charge in [0, 0.05) is 35.5 Å². The second-order valence-electron chi connectivity index (χ2n) is 14.5. The van der Waals surface area contributed by atoms with Crippen LogP contribution in [0, 0.1) is 31.0 Å². The number of para-hydroxylation sites is 1. The van der Waals surface area contributed by atoms with Crippen LogP contribution in [0.25, 0.3) is 0 Å². The van der Waals surface area contributed by atoms with Crippen molar-refractivity contribution < 1.29 is 43.6 Å². The maximum absolute atomic E-state index is 12.6. The minimum absolute atomic E-state index is 0. The van der Waals surface area contributed by atoms with Crippen molar-refractivity contribution in [3.05, 3.63) is 230 Å². The molecule has 0 saturated heterocycles. The van der Waals surface area contributed by atoms with E-state index in [2.05, 4.69) is 52.0 Å². The predicted molar refractivity (Wildman–Crippen MR) is 372 cm³/mol. The molecule has 0 spiro atoms. The number of methoxy groups -OCH3 is 1. The number of nitrogens with one attached hydrogen (secondary N) is 1. The quantitative estimate of drug-likeness (QED) is 0.107. The van der Waals surface area contributed by atoms with Gasteiger partial charge in [-0.25, -0.2) is 18.8 Å². The molecule has 0 aliphatic rings. The van der Waals surface area contributed by atoms with Gasteiger partial charge < -0.3 is 30.3 Å². The first-order chi connectivity index (χ1) is 41.0. The molecule has 1 amide bonds. The van der Waals surface area contributed by atoms with E-state index in [1.807, 2.05) is 212 Å². The van der Waals surface area contributed by atoms with Crippen molar-refractivity contribution in [1.29, 1.82) is 5.26 Å². The summed E-state index contributed by atoms with van der Waals surface area (Å²) in [5.41, 5.74) is 8.31. The lowest BCUT2D eigenvalue weighted by molar-refractivity contribution is 0.0595. The summed E-state index contributed by atoms with van der Waals surface area (Å²) in [6, 6.07) is 51.7. The summed E-state index contributed by atoms with van der Waals surface area (Å²) >= 11 is 3.12. The molecule has 11 nitrogen and oxygen atoms in total. The standard InChI is InChI=1S/C17H19NO.C9H10O2.C8H11N.C8H8O3.C7H5BrO2.C7H4FN.8C2H6.CH4/c1-4-14-9-5-6-11-16(14)17(19)18(3)15-10-7-8-13(2)12-15;1-2-7-5-3-4-6-8(7)9(10)11;1-7-4-3-5-8(6-7)9-2;1-11-8(10)6-4-2-3-5-7(6)9;8-6-4-2-1-3-5(6)7(9)10;8-7-4-2-1-3-6(7)5-9;8*1-2;/h5-12H,4H2,1-3H3;3-6H,2H2,1H3,(H,10,11);3-6,9H,1-2H3;2-5,9H,1H3;1-4H,(H,9,10);1-4H;8*1-2H3;1H4. The highest BCUT2D eigenvalue weighted by molar-refractivity contribution is 9.10. The van der Waals surface area contributed by atoms with E-state index in [1.54, 1.807) is 71.6 Å². The van der Waals surface area contributed by atoms with Gasteiger partial charge in [0.2, 0.25) is 0 Å². The molecule has 0 heterocycles. The number of carbonyl (C=O) groups excluding carboxylic acids is 2. The van der Waals surface area contributed by atoms with Gasteiger partial charge >= 0.3 is 17.9 Å². The summed E-state index contributed by atoms with van der Waals surface area (Å²) in [7, 11) is 5.02. The summed E-state index contributed by atoms with van der Waals surface area (Å²) < 4.78 is 17.4. The molecule has 0 radical (unpaired) electrons. The van der Waals surface area contributed by atoms with Gasteiger partial charge in [0.25, 0.3) is 5.91 Å². The van der Waals surface area contributed by atoms with Crippen molar-refractivity contribution in [2.75, 3.05) is 31.4 Å². The molecule has 0 aromatic heterocycles. The van der Waals surface area contributed by atoms with E-state index in [4.69, 9.17) is 20.6 Å². The van der Waals surface area contributed by atoms with Gasteiger partial charge in [-0.05, 0) is 138 Å². The van der Waals surface area contributed by atoms with Crippen molar-refractivity contribution in [2.24, 2.45) is 0 Å². The van der Waals surface area contributed by atoms with E-state index in [0.29, 0.717) is 15.6 Å². The lowest BCUT2D eigenvalue weighted by Crippen LogP contribution is -2.27. The Labute approximate surface area is 529 Å². The third-order valence-electron chi connectivity index (χ3n) is 9.67. The van der Waals surface area contributed by atoms with E-state index in [0.717, 1.165) is 40.8 Å². The van der Waals surface area contributed by atoms with Gasteiger partial charge in [0.15, 0.2) is 0 Å². The van der Waals surface area contributed by atoms with Crippen LogP contribution < -0.4 is 10.2 Å². The molecule has 86 heavy (non-hydrogen) atoms. The number of nitriles is 1. The number of hydrogen-bond acceptors (Lipinski definition) is 8. The lowest BCUT2D eigenvalue weighted by atomic mass is 10.0. The minimum atomic E-state index is -0.910. The highest BCUT2D eigenvalue weighted by Crippen LogP contribution is 2.20. The van der Waals surface area contributed by atoms with Crippen molar-refractivity contribution in [2.45, 2.75) is 159 Å². The van der Waals surface area contributed by atoms with Crippen molar-refractivity contribution >= 4 is 51.1 Å². The number of carboxylic acids is 2. The largest absolute Gasteiger partial charge is 0.507 e. The average Bonchev–Trinajstić information content (AvgIpc) is 3.76. The third-order valence-corrected chi connectivity index (χ3v) is 10.4. The molecular weight excluding hydrogens is 1150 g/mol. The number of ether oxygens (including phenoxy) is 1. The number of aromatic carboxylic acids is 2. The molecule has 4 N–H and O–H groups in total. The monoisotopic (exact) mass is 1250 g/mol. The average molecular weight is 1260 g/mol. The number of esters is 1. The first-order valence-electron chi connectivity index (χ1n) is 29.5. The number of nitrogens with zero attached hydrogens (tertiary/aromatic N) is 2. The Kier molecular flexibility index (Phi) is 72.4. The summed E-state index contributed by atoms with van der Waals surface area (Å²) in [6.45, 7) is 40.1. The second kappa shape index (κ2) is 66.1. The highest BCUT2D eigenvalue weighted by Gasteiger charge is 2.16. The van der Waals surface area contributed by atoms with Crippen LogP contribution >= 0.6 is 15.9 Å². The number of phenolic OH excluding ortho intramolecular Hbond substituents is 1. The van der Waals surface area contributed by atoms with E-state index < -0.39 is 23.7 Å². The molecule has 0 aliphatic carbocycles. The second-order valence-corrected chi connectivity index (χ2v) is 15.4. The minimum Gasteiger partial charge on any atom is -0.507 e. The van der Waals surface area contributed by atoms with Crippen LogP contribution in [-0.2, 0) is 17.6 Å². The molecule has 478 valence electrons. The molecule has 7 aromatic carbocycles. The van der Waals surface area contributed by atoms with Crippen molar-refractivity contribution in [3.63, 3.8) is 0 Å². The van der Waals surface area contributed by atoms with Crippen LogP contribution in [0.2, 0.25) is 0 Å². The Morgan fingerprint density at radius 1 is 0.547 bits per heavy atom. The van der Waals surface area contributed by atoms with Gasteiger partial charge in [-0.2, -0.15) is 5.26 Å². The summed E-state index contributed by atoms with van der Waals surface area (Å²) in [4.78, 5) is 46.1. The Hall–Kier alpha value is -8.08. The Bertz CT molecular complexity index is 2800. The Morgan fingerprint density at radius 2 is 0.930 bits per heavy atom. The van der Waals surface area contributed by atoms with Crippen molar-refractivity contribution in [1.82, 2.24) is 0 Å². The zero-order chi connectivity index (χ0) is 67.3. The SMILES string of the molecule is C.CC.CC.CC.CC.CC.CC.CC.CC.CCc1ccccc1C(=O)N(C)c1cccc(C)c1.CCc1ccccc1C(=O)O.CNc1cccc(C)c1.COC(=O)c1ccccc1O.N#Cc1ccccc1F.O=C(O)c1ccccc1Br. The highest BCUT2D eigenvalue weighted by atomic mass is 79.9. The van der Waals surface area contributed by atoms with Gasteiger partial charge in [-0.3, -0.25) is 4.79 Å². The number of aromatic hydroxyl groups is 1.